The zero-order valence-electron chi connectivity index (χ0n) is 18.7. The number of carboxylic acid groups (broad SMARTS) is 1. The third-order valence-electron chi connectivity index (χ3n) is 3.64. The van der Waals surface area contributed by atoms with Gasteiger partial charge >= 0.3 is 41.5 Å². The zero-order chi connectivity index (χ0) is 24.5. The molecule has 0 spiro atoms. The molecule has 0 aliphatic rings. The van der Waals surface area contributed by atoms with Gasteiger partial charge in [-0.05, 0) is 6.92 Å². The predicted octanol–water partition coefficient (Wildman–Crippen LogP) is -1.36. The van der Waals surface area contributed by atoms with Crippen molar-refractivity contribution < 1.29 is 54.5 Å². The Kier molecular flexibility index (Phi) is 12.6. The molecule has 0 saturated carbocycles. The van der Waals surface area contributed by atoms with E-state index < -0.39 is 28.6 Å². The number of rotatable bonds is 7. The van der Waals surface area contributed by atoms with Gasteiger partial charge in [0.25, 0.3) is 11.1 Å². The number of hydrogen-bond acceptors (Lipinski definition) is 14. The van der Waals surface area contributed by atoms with Crippen LogP contribution in [0.3, 0.4) is 0 Å². The van der Waals surface area contributed by atoms with Crippen molar-refractivity contribution >= 4 is 56.8 Å². The fourth-order valence-corrected chi connectivity index (χ4v) is 3.25. The molecule has 0 radical (unpaired) electrons. The average Bonchev–Trinajstić information content (AvgIpc) is 3.49. The van der Waals surface area contributed by atoms with Gasteiger partial charge in [-0.15, -0.1) is 22.7 Å². The molecule has 0 aromatic carbocycles. The van der Waals surface area contributed by atoms with Gasteiger partial charge in [0, 0.05) is 23.2 Å². The number of anilines is 4. The molecule has 0 aliphatic heterocycles. The van der Waals surface area contributed by atoms with E-state index in [1.807, 2.05) is 0 Å². The summed E-state index contributed by atoms with van der Waals surface area (Å²) >= 11 is 2.70. The molecule has 0 fully saturated rings. The molecular formula is C18H17N8NaO7S2. The summed E-state index contributed by atoms with van der Waals surface area (Å²) in [5.74, 6) is -1.62. The van der Waals surface area contributed by atoms with Crippen molar-refractivity contribution in [3.05, 3.63) is 67.4 Å². The van der Waals surface area contributed by atoms with E-state index in [9.17, 15) is 19.2 Å². The summed E-state index contributed by atoms with van der Waals surface area (Å²) in [7, 11) is 0. The first-order valence-corrected chi connectivity index (χ1v) is 11.1. The van der Waals surface area contributed by atoms with Gasteiger partial charge in [0.1, 0.15) is 11.1 Å². The van der Waals surface area contributed by atoms with E-state index in [4.69, 9.17) is 9.84 Å². The largest absolute Gasteiger partial charge is 1.00 e. The van der Waals surface area contributed by atoms with Crippen LogP contribution < -0.4 is 51.3 Å². The van der Waals surface area contributed by atoms with Crippen molar-refractivity contribution in [2.24, 2.45) is 0 Å². The molecule has 4 aromatic rings. The van der Waals surface area contributed by atoms with E-state index in [1.54, 1.807) is 30.1 Å². The van der Waals surface area contributed by atoms with E-state index in [2.05, 4.69) is 40.5 Å². The molecule has 0 bridgehead atoms. The number of aromatic amines is 2. The SMILES string of the molecule is CCOC(=O)c1cnc(Nc2nccs2)[nH]c1=O.O=C(O)c1cnc(Nc2nccs2)[nH]c1=O.[Na+].[OH-]. The van der Waals surface area contributed by atoms with Crippen molar-refractivity contribution in [3.63, 3.8) is 0 Å². The first kappa shape index (κ1) is 30.6. The van der Waals surface area contributed by atoms with Gasteiger partial charge in [0.2, 0.25) is 11.9 Å². The van der Waals surface area contributed by atoms with Gasteiger partial charge in [0.05, 0.1) is 19.0 Å². The van der Waals surface area contributed by atoms with Crippen LogP contribution in [-0.4, -0.2) is 59.0 Å². The summed E-state index contributed by atoms with van der Waals surface area (Å²) in [6, 6.07) is 0. The monoisotopic (exact) mass is 544 g/mol. The first-order chi connectivity index (χ1) is 16.4. The third-order valence-corrected chi connectivity index (χ3v) is 5.02. The van der Waals surface area contributed by atoms with E-state index >= 15 is 0 Å². The van der Waals surface area contributed by atoms with E-state index in [-0.39, 0.29) is 59.1 Å². The van der Waals surface area contributed by atoms with Gasteiger partial charge in [-0.1, -0.05) is 0 Å². The maximum atomic E-state index is 11.6. The number of carbonyl (C=O) groups excluding carboxylic acids is 1. The molecule has 0 amide bonds. The summed E-state index contributed by atoms with van der Waals surface area (Å²) in [4.78, 5) is 65.2. The second kappa shape index (κ2) is 14.8. The van der Waals surface area contributed by atoms with Crippen LogP contribution in [0.15, 0.2) is 45.1 Å². The summed E-state index contributed by atoms with van der Waals surface area (Å²) in [5, 5.41) is 18.9. The predicted molar refractivity (Wildman–Crippen MR) is 125 cm³/mol. The quantitative estimate of drug-likeness (QED) is 0.134. The number of ether oxygens (including phenoxy) is 1. The molecule has 4 aromatic heterocycles. The summed E-state index contributed by atoms with van der Waals surface area (Å²) in [5.41, 5.74) is -1.78. The molecule has 18 heteroatoms. The van der Waals surface area contributed by atoms with E-state index in [0.29, 0.717) is 10.3 Å². The van der Waals surface area contributed by atoms with E-state index in [1.165, 1.54) is 28.9 Å². The topological polar surface area (TPSA) is 235 Å². The molecule has 15 nitrogen and oxygen atoms in total. The normalized spacial score (nSPS) is 9.47. The maximum absolute atomic E-state index is 11.6. The zero-order valence-corrected chi connectivity index (χ0v) is 22.3. The second-order valence-corrected chi connectivity index (χ2v) is 7.69. The molecular weight excluding hydrogens is 527 g/mol. The molecule has 36 heavy (non-hydrogen) atoms. The molecule has 0 unspecified atom stereocenters. The Balaban J connectivity index is 0.000000343. The number of esters is 1. The summed E-state index contributed by atoms with van der Waals surface area (Å²) < 4.78 is 4.72. The fraction of sp³-hybridized carbons (Fsp3) is 0.111. The van der Waals surface area contributed by atoms with Crippen LogP contribution in [0.5, 0.6) is 0 Å². The number of thiazole rings is 2. The number of carbonyl (C=O) groups is 2. The number of aromatic carboxylic acids is 1. The number of nitrogens with zero attached hydrogens (tertiary/aromatic N) is 4. The van der Waals surface area contributed by atoms with Crippen molar-refractivity contribution in [2.45, 2.75) is 6.92 Å². The summed E-state index contributed by atoms with van der Waals surface area (Å²) in [6.45, 7) is 1.87. The minimum atomic E-state index is -1.31. The van der Waals surface area contributed by atoms with Gasteiger partial charge in [0.15, 0.2) is 10.3 Å². The van der Waals surface area contributed by atoms with E-state index in [0.717, 1.165) is 6.20 Å². The molecule has 4 rings (SSSR count). The second-order valence-electron chi connectivity index (χ2n) is 5.90. The number of carboxylic acids is 1. The number of hydrogen-bond donors (Lipinski definition) is 5. The first-order valence-electron chi connectivity index (χ1n) is 9.29. The molecule has 6 N–H and O–H groups in total. The van der Waals surface area contributed by atoms with Crippen molar-refractivity contribution in [1.82, 2.24) is 29.9 Å². The van der Waals surface area contributed by atoms with Crippen LogP contribution in [0.2, 0.25) is 0 Å². The fourth-order valence-electron chi connectivity index (χ4n) is 2.20. The minimum absolute atomic E-state index is 0. The van der Waals surface area contributed by atoms with Gasteiger partial charge < -0.3 is 26.0 Å². The standard InChI is InChI=1S/C10H10N4O3S.C8H6N4O3S.Na.H2O/c1-2-17-8(16)6-5-12-9(13-7(6)15)14-10-11-3-4-18-10;13-5-4(6(14)15)3-10-7(11-5)12-8-9-1-2-16-8;;/h3-5H,2H2,1H3,(H2,11,12,13,14,15);1-3H,(H,14,15)(H2,9,10,11,12,13);;1H2/q;;+1;/p-1. The van der Waals surface area contributed by atoms with Crippen LogP contribution in [0.1, 0.15) is 27.6 Å². The minimum Gasteiger partial charge on any atom is -0.870 e. The Labute approximate surface area is 231 Å². The van der Waals surface area contributed by atoms with Crippen LogP contribution in [0, 0.1) is 0 Å². The average molecular weight is 545 g/mol. The Hall–Kier alpha value is -3.48. The Morgan fingerprint density at radius 3 is 1.75 bits per heavy atom. The van der Waals surface area contributed by atoms with Crippen LogP contribution >= 0.6 is 22.7 Å². The molecule has 0 saturated heterocycles. The molecule has 0 aliphatic carbocycles. The molecule has 184 valence electrons. The Morgan fingerprint density at radius 1 is 0.917 bits per heavy atom. The smallest absolute Gasteiger partial charge is 0.870 e. The van der Waals surface area contributed by atoms with Gasteiger partial charge in [-0.25, -0.2) is 29.5 Å². The number of H-pyrrole nitrogens is 2. The van der Waals surface area contributed by atoms with Crippen LogP contribution in [-0.2, 0) is 4.74 Å². The Morgan fingerprint density at radius 2 is 1.39 bits per heavy atom. The third kappa shape index (κ3) is 8.63. The molecule has 0 atom stereocenters. The van der Waals surface area contributed by atoms with Crippen molar-refractivity contribution in [3.8, 4) is 0 Å². The van der Waals surface area contributed by atoms with Gasteiger partial charge in [-0.2, -0.15) is 0 Å². The number of nitrogens with one attached hydrogen (secondary N) is 4. The van der Waals surface area contributed by atoms with Gasteiger partial charge in [-0.3, -0.25) is 19.6 Å². The van der Waals surface area contributed by atoms with Crippen LogP contribution in [0.25, 0.3) is 0 Å². The molecule has 4 heterocycles. The Bertz CT molecular complexity index is 1380. The summed E-state index contributed by atoms with van der Waals surface area (Å²) in [6.07, 6.45) is 5.39. The maximum Gasteiger partial charge on any atom is 1.00 e. The van der Waals surface area contributed by atoms with Crippen LogP contribution in [0.4, 0.5) is 22.2 Å². The van der Waals surface area contributed by atoms with Crippen molar-refractivity contribution in [2.75, 3.05) is 17.2 Å². The number of aromatic nitrogens is 6. The van der Waals surface area contributed by atoms with Crippen molar-refractivity contribution in [1.29, 1.82) is 0 Å².